The molecule has 1 aromatic heterocycles. The maximum atomic E-state index is 11.4. The fourth-order valence-corrected chi connectivity index (χ4v) is 1.69. The van der Waals surface area contributed by atoms with Gasteiger partial charge < -0.3 is 10.6 Å². The molecule has 0 bridgehead atoms. The third-order valence-electron chi connectivity index (χ3n) is 2.76. The summed E-state index contributed by atoms with van der Waals surface area (Å²) in [5.41, 5.74) is 1.39. The molecule has 94 valence electrons. The Morgan fingerprint density at radius 3 is 2.94 bits per heavy atom. The third kappa shape index (κ3) is 3.45. The second-order valence-electron chi connectivity index (χ2n) is 4.49. The van der Waals surface area contributed by atoms with Gasteiger partial charge in [-0.25, -0.2) is 4.98 Å². The molecule has 1 fully saturated rings. The number of aryl methyl sites for hydroxylation is 1. The predicted octanol–water partition coefficient (Wildman–Crippen LogP) is 1.20. The van der Waals surface area contributed by atoms with Gasteiger partial charge in [-0.3, -0.25) is 4.79 Å². The number of nitriles is 1. The zero-order chi connectivity index (χ0) is 13.0. The van der Waals surface area contributed by atoms with Gasteiger partial charge in [-0.05, 0) is 31.9 Å². The van der Waals surface area contributed by atoms with Crippen LogP contribution in [0.25, 0.3) is 0 Å². The minimum absolute atomic E-state index is 0.145. The first-order valence-corrected chi connectivity index (χ1v) is 6.09. The number of nitrogens with zero attached hydrogens (tertiary/aromatic N) is 2. The van der Waals surface area contributed by atoms with Crippen LogP contribution in [-0.4, -0.2) is 24.0 Å². The average Bonchev–Trinajstić information content (AvgIpc) is 3.17. The lowest BCUT2D eigenvalue weighted by molar-refractivity contribution is -0.122. The maximum absolute atomic E-state index is 11.4. The van der Waals surface area contributed by atoms with Crippen LogP contribution in [0.3, 0.4) is 0 Å². The molecule has 1 heterocycles. The Balaban J connectivity index is 1.77. The van der Waals surface area contributed by atoms with Gasteiger partial charge in [0.25, 0.3) is 0 Å². The molecule has 2 N–H and O–H groups in total. The predicted molar refractivity (Wildman–Crippen MR) is 67.9 cm³/mol. The van der Waals surface area contributed by atoms with Crippen molar-refractivity contribution in [1.29, 1.82) is 5.26 Å². The molecule has 0 spiro atoms. The summed E-state index contributed by atoms with van der Waals surface area (Å²) in [6.07, 6.45) is 2.04. The van der Waals surface area contributed by atoms with Gasteiger partial charge in [0.1, 0.15) is 5.82 Å². The molecule has 0 aromatic carbocycles. The van der Waals surface area contributed by atoms with Crippen molar-refractivity contribution >= 4 is 11.7 Å². The number of aromatic nitrogens is 1. The second kappa shape index (κ2) is 5.50. The molecule has 1 aromatic rings. The Morgan fingerprint density at radius 2 is 2.28 bits per heavy atom. The van der Waals surface area contributed by atoms with Crippen molar-refractivity contribution in [2.45, 2.75) is 19.8 Å². The van der Waals surface area contributed by atoms with E-state index in [-0.39, 0.29) is 11.8 Å². The zero-order valence-corrected chi connectivity index (χ0v) is 10.4. The molecule has 5 heteroatoms. The molecule has 18 heavy (non-hydrogen) atoms. The van der Waals surface area contributed by atoms with Gasteiger partial charge in [0, 0.05) is 24.7 Å². The molecule has 0 aliphatic heterocycles. The second-order valence-corrected chi connectivity index (χ2v) is 4.49. The minimum atomic E-state index is 0.145. The van der Waals surface area contributed by atoms with Crippen molar-refractivity contribution in [3.05, 3.63) is 23.4 Å². The summed E-state index contributed by atoms with van der Waals surface area (Å²) in [6.45, 7) is 3.04. The number of hydrogen-bond acceptors (Lipinski definition) is 4. The number of carbonyl (C=O) groups is 1. The van der Waals surface area contributed by atoms with Crippen LogP contribution in [-0.2, 0) is 4.79 Å². The van der Waals surface area contributed by atoms with Crippen molar-refractivity contribution < 1.29 is 4.79 Å². The Kier molecular flexibility index (Phi) is 3.78. The number of amides is 1. The van der Waals surface area contributed by atoms with E-state index in [9.17, 15) is 4.79 Å². The molecule has 1 aliphatic carbocycles. The molecule has 1 saturated carbocycles. The summed E-state index contributed by atoms with van der Waals surface area (Å²) >= 11 is 0. The lowest BCUT2D eigenvalue weighted by atomic mass is 10.2. The molecule has 0 unspecified atom stereocenters. The number of hydrogen-bond donors (Lipinski definition) is 2. The quantitative estimate of drug-likeness (QED) is 0.763. The average molecular weight is 244 g/mol. The standard InChI is InChI=1S/C13H16N4O/c1-9-6-10(8-14)7-12(17-9)15-4-5-16-13(18)11-2-3-11/h6-7,11H,2-5H2,1H3,(H,15,17)(H,16,18). The monoisotopic (exact) mass is 244 g/mol. The first-order chi connectivity index (χ1) is 8.69. The van der Waals surface area contributed by atoms with Crippen LogP contribution in [0.15, 0.2) is 12.1 Å². The van der Waals surface area contributed by atoms with E-state index in [1.54, 1.807) is 12.1 Å². The highest BCUT2D eigenvalue weighted by Crippen LogP contribution is 2.28. The van der Waals surface area contributed by atoms with Crippen LogP contribution < -0.4 is 10.6 Å². The smallest absolute Gasteiger partial charge is 0.223 e. The Bertz CT molecular complexity index is 488. The summed E-state index contributed by atoms with van der Waals surface area (Å²) in [5, 5.41) is 14.8. The number of rotatable bonds is 5. The van der Waals surface area contributed by atoms with Crippen LogP contribution in [0.2, 0.25) is 0 Å². The van der Waals surface area contributed by atoms with E-state index in [2.05, 4.69) is 21.7 Å². The van der Waals surface area contributed by atoms with Gasteiger partial charge in [-0.15, -0.1) is 0 Å². The fraction of sp³-hybridized carbons (Fsp3) is 0.462. The molecule has 0 atom stereocenters. The van der Waals surface area contributed by atoms with E-state index in [4.69, 9.17) is 5.26 Å². The van der Waals surface area contributed by atoms with Crippen molar-refractivity contribution in [1.82, 2.24) is 10.3 Å². The van der Waals surface area contributed by atoms with Crippen LogP contribution in [0.5, 0.6) is 0 Å². The lowest BCUT2D eigenvalue weighted by Crippen LogP contribution is -2.29. The topological polar surface area (TPSA) is 77.8 Å². The largest absolute Gasteiger partial charge is 0.368 e. The van der Waals surface area contributed by atoms with Crippen LogP contribution in [0, 0.1) is 24.2 Å². The van der Waals surface area contributed by atoms with Gasteiger partial charge in [0.2, 0.25) is 5.91 Å². The minimum Gasteiger partial charge on any atom is -0.368 e. The van der Waals surface area contributed by atoms with Gasteiger partial charge >= 0.3 is 0 Å². The van der Waals surface area contributed by atoms with Gasteiger partial charge in [-0.2, -0.15) is 5.26 Å². The van der Waals surface area contributed by atoms with Crippen molar-refractivity contribution in [2.24, 2.45) is 5.92 Å². The van der Waals surface area contributed by atoms with Crippen molar-refractivity contribution in [3.8, 4) is 6.07 Å². The summed E-state index contributed by atoms with van der Waals surface area (Å²) < 4.78 is 0. The SMILES string of the molecule is Cc1cc(C#N)cc(NCCNC(=O)C2CC2)n1. The Morgan fingerprint density at radius 1 is 1.50 bits per heavy atom. The third-order valence-corrected chi connectivity index (χ3v) is 2.76. The molecule has 0 radical (unpaired) electrons. The highest BCUT2D eigenvalue weighted by atomic mass is 16.2. The normalized spacial score (nSPS) is 13.8. The molecular formula is C13H16N4O. The fourth-order valence-electron chi connectivity index (χ4n) is 1.69. The number of pyridine rings is 1. The van der Waals surface area contributed by atoms with Crippen LogP contribution >= 0.6 is 0 Å². The van der Waals surface area contributed by atoms with E-state index in [0.717, 1.165) is 18.5 Å². The number of nitrogens with one attached hydrogen (secondary N) is 2. The van der Waals surface area contributed by atoms with E-state index < -0.39 is 0 Å². The number of anilines is 1. The van der Waals surface area contributed by atoms with Gasteiger partial charge in [0.15, 0.2) is 0 Å². The highest BCUT2D eigenvalue weighted by Gasteiger charge is 2.28. The Hall–Kier alpha value is -2.09. The van der Waals surface area contributed by atoms with Crippen molar-refractivity contribution in [3.63, 3.8) is 0 Å². The van der Waals surface area contributed by atoms with Crippen LogP contribution in [0.4, 0.5) is 5.82 Å². The molecule has 1 amide bonds. The number of carbonyl (C=O) groups excluding carboxylic acids is 1. The zero-order valence-electron chi connectivity index (χ0n) is 10.4. The van der Waals surface area contributed by atoms with E-state index in [0.29, 0.717) is 24.5 Å². The lowest BCUT2D eigenvalue weighted by Gasteiger charge is -2.08. The first-order valence-electron chi connectivity index (χ1n) is 6.09. The summed E-state index contributed by atoms with van der Waals surface area (Å²) in [5.74, 6) is 1.06. The van der Waals surface area contributed by atoms with E-state index in [1.807, 2.05) is 6.92 Å². The molecule has 2 rings (SSSR count). The summed E-state index contributed by atoms with van der Waals surface area (Å²) in [7, 11) is 0. The Labute approximate surface area is 106 Å². The molecule has 1 aliphatic rings. The van der Waals surface area contributed by atoms with E-state index in [1.165, 1.54) is 0 Å². The maximum Gasteiger partial charge on any atom is 0.223 e. The van der Waals surface area contributed by atoms with Gasteiger partial charge in [-0.1, -0.05) is 0 Å². The molecule has 5 nitrogen and oxygen atoms in total. The van der Waals surface area contributed by atoms with E-state index >= 15 is 0 Å². The summed E-state index contributed by atoms with van der Waals surface area (Å²) in [4.78, 5) is 15.6. The molecule has 0 saturated heterocycles. The summed E-state index contributed by atoms with van der Waals surface area (Å²) in [6, 6.07) is 5.53. The van der Waals surface area contributed by atoms with Crippen LogP contribution in [0.1, 0.15) is 24.1 Å². The molecular weight excluding hydrogens is 228 g/mol. The highest BCUT2D eigenvalue weighted by molar-refractivity contribution is 5.80. The first kappa shape index (κ1) is 12.4. The van der Waals surface area contributed by atoms with Gasteiger partial charge in [0.05, 0.1) is 11.6 Å². The van der Waals surface area contributed by atoms with Crippen molar-refractivity contribution in [2.75, 3.05) is 18.4 Å².